The Bertz CT molecular complexity index is 421. The zero-order chi connectivity index (χ0) is 11.6. The molecule has 0 fully saturated rings. The number of nitro groups is 1. The quantitative estimate of drug-likeness (QED) is 0.486. The predicted molar refractivity (Wildman–Crippen MR) is 52.0 cm³/mol. The lowest BCUT2D eigenvalue weighted by molar-refractivity contribution is -0.385. The van der Waals surface area contributed by atoms with Crippen LogP contribution >= 0.6 is 11.6 Å². The van der Waals surface area contributed by atoms with Gasteiger partial charge in [-0.15, -0.1) is 0 Å². The molecule has 0 saturated heterocycles. The van der Waals surface area contributed by atoms with Crippen LogP contribution in [0, 0.1) is 10.1 Å². The van der Waals surface area contributed by atoms with Crippen molar-refractivity contribution < 1.29 is 14.8 Å². The Morgan fingerprint density at radius 3 is 2.80 bits per heavy atom. The van der Waals surface area contributed by atoms with Crippen molar-refractivity contribution in [2.75, 3.05) is 0 Å². The molecule has 0 aliphatic carbocycles. The third-order valence-electron chi connectivity index (χ3n) is 1.90. The predicted octanol–water partition coefficient (Wildman–Crippen LogP) is 1.83. The van der Waals surface area contributed by atoms with Crippen molar-refractivity contribution >= 4 is 23.3 Å². The number of halogens is 1. The maximum atomic E-state index is 10.7. The molecule has 1 heterocycles. The van der Waals surface area contributed by atoms with Crippen LogP contribution in [0.5, 0.6) is 0 Å². The highest BCUT2D eigenvalue weighted by molar-refractivity contribution is 6.30. The fourth-order valence-electron chi connectivity index (χ4n) is 0.990. The minimum Gasteiger partial charge on any atom is -0.481 e. The number of hydrogen-bond donors (Lipinski definition) is 1. The molecule has 0 saturated carbocycles. The van der Waals surface area contributed by atoms with Crippen LogP contribution in [0.25, 0.3) is 0 Å². The second kappa shape index (κ2) is 4.22. The van der Waals surface area contributed by atoms with Crippen molar-refractivity contribution in [1.29, 1.82) is 0 Å². The van der Waals surface area contributed by atoms with Gasteiger partial charge in [0.05, 0.1) is 10.8 Å². The van der Waals surface area contributed by atoms with Crippen molar-refractivity contribution in [3.8, 4) is 0 Å². The van der Waals surface area contributed by atoms with Crippen LogP contribution in [-0.2, 0) is 4.79 Å². The summed E-state index contributed by atoms with van der Waals surface area (Å²) < 4.78 is 0. The molecule has 1 aromatic rings. The summed E-state index contributed by atoms with van der Waals surface area (Å²) in [5, 5.41) is 19.1. The van der Waals surface area contributed by atoms with Gasteiger partial charge in [0.15, 0.2) is 0 Å². The summed E-state index contributed by atoms with van der Waals surface area (Å²) in [4.78, 5) is 24.0. The summed E-state index contributed by atoms with van der Waals surface area (Å²) in [6.45, 7) is 1.38. The average molecular weight is 231 g/mol. The van der Waals surface area contributed by atoms with Crippen molar-refractivity contribution in [3.05, 3.63) is 33.1 Å². The van der Waals surface area contributed by atoms with E-state index in [1.54, 1.807) is 0 Å². The fraction of sp³-hybridized carbons (Fsp3) is 0.250. The van der Waals surface area contributed by atoms with Gasteiger partial charge >= 0.3 is 5.97 Å². The number of hydrogen-bond acceptors (Lipinski definition) is 4. The SMILES string of the molecule is C[C@H](C(=O)O)c1cc([N+](=O)[O-])cnc1Cl. The van der Waals surface area contributed by atoms with Crippen molar-refractivity contribution in [1.82, 2.24) is 4.98 Å². The van der Waals surface area contributed by atoms with Gasteiger partial charge in [0.2, 0.25) is 0 Å². The number of pyridine rings is 1. The molecule has 0 bridgehead atoms. The lowest BCUT2D eigenvalue weighted by Gasteiger charge is -2.07. The summed E-state index contributed by atoms with van der Waals surface area (Å²) in [7, 11) is 0. The normalized spacial score (nSPS) is 12.1. The topological polar surface area (TPSA) is 93.3 Å². The van der Waals surface area contributed by atoms with E-state index in [9.17, 15) is 14.9 Å². The maximum Gasteiger partial charge on any atom is 0.310 e. The van der Waals surface area contributed by atoms with Crippen LogP contribution in [-0.4, -0.2) is 21.0 Å². The number of carboxylic acids is 1. The minimum atomic E-state index is -1.11. The number of rotatable bonds is 3. The zero-order valence-corrected chi connectivity index (χ0v) is 8.43. The number of carboxylic acid groups (broad SMARTS) is 1. The molecule has 0 aliphatic rings. The second-order valence-electron chi connectivity index (χ2n) is 2.89. The lowest BCUT2D eigenvalue weighted by atomic mass is 10.0. The van der Waals surface area contributed by atoms with Gasteiger partial charge in [0.1, 0.15) is 11.3 Å². The van der Waals surface area contributed by atoms with Gasteiger partial charge in [0, 0.05) is 11.6 Å². The Morgan fingerprint density at radius 2 is 2.33 bits per heavy atom. The van der Waals surface area contributed by atoms with Gasteiger partial charge in [0.25, 0.3) is 5.69 Å². The first-order valence-electron chi connectivity index (χ1n) is 3.96. The highest BCUT2D eigenvalue weighted by Gasteiger charge is 2.20. The van der Waals surface area contributed by atoms with Crippen LogP contribution < -0.4 is 0 Å². The molecule has 0 aliphatic heterocycles. The molecule has 80 valence electrons. The van der Waals surface area contributed by atoms with E-state index in [4.69, 9.17) is 16.7 Å². The fourth-order valence-corrected chi connectivity index (χ4v) is 1.26. The van der Waals surface area contributed by atoms with E-state index >= 15 is 0 Å². The summed E-state index contributed by atoms with van der Waals surface area (Å²) in [5.74, 6) is -2.04. The van der Waals surface area contributed by atoms with Gasteiger partial charge in [-0.25, -0.2) is 4.98 Å². The molecule has 0 unspecified atom stereocenters. The molecular formula is C8H7ClN2O4. The van der Waals surface area contributed by atoms with Gasteiger partial charge in [-0.05, 0) is 6.92 Å². The van der Waals surface area contributed by atoms with E-state index in [2.05, 4.69) is 4.98 Å². The third-order valence-corrected chi connectivity index (χ3v) is 2.22. The number of aromatic nitrogens is 1. The maximum absolute atomic E-state index is 10.7. The summed E-state index contributed by atoms with van der Waals surface area (Å²) in [6, 6.07) is 1.12. The molecule has 0 aromatic carbocycles. The molecule has 1 rings (SSSR count). The molecule has 1 aromatic heterocycles. The standard InChI is InChI=1S/C8H7ClN2O4/c1-4(8(12)13)6-2-5(11(14)15)3-10-7(6)9/h2-4H,1H3,(H,12,13)/t4-/m0/s1. The highest BCUT2D eigenvalue weighted by Crippen LogP contribution is 2.26. The number of aliphatic carboxylic acids is 1. The van der Waals surface area contributed by atoms with E-state index in [1.807, 2.05) is 0 Å². The summed E-state index contributed by atoms with van der Waals surface area (Å²) in [6.07, 6.45) is 0.987. The first kappa shape index (κ1) is 11.4. The van der Waals surface area contributed by atoms with Crippen molar-refractivity contribution in [3.63, 3.8) is 0 Å². The summed E-state index contributed by atoms with van der Waals surface area (Å²) in [5.41, 5.74) is -0.138. The van der Waals surface area contributed by atoms with Crippen LogP contribution in [0.1, 0.15) is 18.4 Å². The first-order valence-corrected chi connectivity index (χ1v) is 4.34. The minimum absolute atomic E-state index is 0.0319. The van der Waals surface area contributed by atoms with Gasteiger partial charge in [-0.2, -0.15) is 0 Å². The summed E-state index contributed by atoms with van der Waals surface area (Å²) >= 11 is 5.64. The molecule has 1 atom stereocenters. The smallest absolute Gasteiger partial charge is 0.310 e. The van der Waals surface area contributed by atoms with E-state index in [-0.39, 0.29) is 16.4 Å². The Morgan fingerprint density at radius 1 is 1.73 bits per heavy atom. The molecule has 1 N–H and O–H groups in total. The lowest BCUT2D eigenvalue weighted by Crippen LogP contribution is -2.09. The monoisotopic (exact) mass is 230 g/mol. The second-order valence-corrected chi connectivity index (χ2v) is 3.25. The van der Waals surface area contributed by atoms with Crippen LogP contribution in [0.3, 0.4) is 0 Å². The Balaban J connectivity index is 3.22. The van der Waals surface area contributed by atoms with Crippen molar-refractivity contribution in [2.45, 2.75) is 12.8 Å². The highest BCUT2D eigenvalue weighted by atomic mass is 35.5. The third kappa shape index (κ3) is 2.41. The van der Waals surface area contributed by atoms with Crippen LogP contribution in [0.2, 0.25) is 5.15 Å². The van der Waals surface area contributed by atoms with E-state index in [1.165, 1.54) is 6.92 Å². The Kier molecular flexibility index (Phi) is 3.21. The largest absolute Gasteiger partial charge is 0.481 e. The van der Waals surface area contributed by atoms with E-state index < -0.39 is 16.8 Å². The Hall–Kier alpha value is -1.69. The first-order chi connectivity index (χ1) is 6.93. The molecule has 0 spiro atoms. The van der Waals surface area contributed by atoms with Crippen molar-refractivity contribution in [2.24, 2.45) is 0 Å². The molecule has 15 heavy (non-hydrogen) atoms. The molecular weight excluding hydrogens is 224 g/mol. The molecule has 0 radical (unpaired) electrons. The van der Waals surface area contributed by atoms with Gasteiger partial charge in [-0.3, -0.25) is 14.9 Å². The van der Waals surface area contributed by atoms with Gasteiger partial charge < -0.3 is 5.11 Å². The van der Waals surface area contributed by atoms with Crippen LogP contribution in [0.15, 0.2) is 12.3 Å². The Labute approximate surface area is 89.7 Å². The van der Waals surface area contributed by atoms with Crippen LogP contribution in [0.4, 0.5) is 5.69 Å². The molecule has 7 heteroatoms. The molecule has 0 amide bonds. The van der Waals surface area contributed by atoms with Gasteiger partial charge in [-0.1, -0.05) is 11.6 Å². The van der Waals surface area contributed by atoms with E-state index in [0.717, 1.165) is 12.3 Å². The average Bonchev–Trinajstić information content (AvgIpc) is 2.16. The molecule has 6 nitrogen and oxygen atoms in total. The number of carbonyl (C=O) groups is 1. The number of nitrogens with zero attached hydrogens (tertiary/aromatic N) is 2. The van der Waals surface area contributed by atoms with E-state index in [0.29, 0.717) is 0 Å². The zero-order valence-electron chi connectivity index (χ0n) is 7.68.